The Morgan fingerprint density at radius 3 is 2.52 bits per heavy atom. The minimum absolute atomic E-state index is 0.235. The molecule has 1 aliphatic heterocycles. The third kappa shape index (κ3) is 3.64. The monoisotopic (exact) mass is 356 g/mol. The lowest BCUT2D eigenvalue weighted by molar-refractivity contribution is -0.126. The van der Waals surface area contributed by atoms with E-state index in [-0.39, 0.29) is 11.7 Å². The second-order valence-electron chi connectivity index (χ2n) is 5.90. The molecular weight excluding hydrogens is 340 g/mol. The zero-order valence-electron chi connectivity index (χ0n) is 13.5. The maximum atomic E-state index is 12.4. The Labute approximate surface area is 146 Å². The lowest BCUT2D eigenvalue weighted by atomic mass is 9.97. The Bertz CT molecular complexity index is 946. The molecule has 0 radical (unpaired) electrons. The molecular formula is C18H16N2O4S. The lowest BCUT2D eigenvalue weighted by Crippen LogP contribution is -2.42. The molecule has 3 rings (SSSR count). The molecule has 1 N–H and O–H groups in total. The first kappa shape index (κ1) is 17.0. The lowest BCUT2D eigenvalue weighted by Gasteiger charge is -2.15. The number of fused-ring (bicyclic) bond motifs is 1. The summed E-state index contributed by atoms with van der Waals surface area (Å²) in [5, 5.41) is 8.76. The van der Waals surface area contributed by atoms with Crippen molar-refractivity contribution < 1.29 is 17.9 Å². The van der Waals surface area contributed by atoms with Gasteiger partial charge in [-0.15, -0.1) is 0 Å². The summed E-state index contributed by atoms with van der Waals surface area (Å²) >= 11 is 0. The van der Waals surface area contributed by atoms with Gasteiger partial charge in [0.15, 0.2) is 6.10 Å². The van der Waals surface area contributed by atoms with Crippen molar-refractivity contribution in [3.63, 3.8) is 0 Å². The second kappa shape index (κ2) is 6.57. The Morgan fingerprint density at radius 2 is 1.88 bits per heavy atom. The number of nitriles is 1. The van der Waals surface area contributed by atoms with E-state index in [2.05, 4.69) is 4.72 Å². The number of ether oxygens (including phenoxy) is 1. The van der Waals surface area contributed by atoms with Gasteiger partial charge >= 0.3 is 0 Å². The maximum Gasteiger partial charge on any atom is 0.275 e. The van der Waals surface area contributed by atoms with Crippen LogP contribution in [0.2, 0.25) is 0 Å². The van der Waals surface area contributed by atoms with Gasteiger partial charge in [-0.2, -0.15) is 5.26 Å². The molecule has 7 heteroatoms. The van der Waals surface area contributed by atoms with Crippen LogP contribution in [0.25, 0.3) is 0 Å². The van der Waals surface area contributed by atoms with Gasteiger partial charge in [-0.05, 0) is 23.8 Å². The number of amides is 1. The van der Waals surface area contributed by atoms with Gasteiger partial charge in [0.1, 0.15) is 5.75 Å². The van der Waals surface area contributed by atoms with Crippen molar-refractivity contribution in [1.82, 2.24) is 4.72 Å². The van der Waals surface area contributed by atoms with Gasteiger partial charge in [-0.3, -0.25) is 4.79 Å². The number of carbonyl (C=O) groups is 1. The van der Waals surface area contributed by atoms with Crippen molar-refractivity contribution in [3.05, 3.63) is 65.2 Å². The largest absolute Gasteiger partial charge is 0.480 e. The maximum absolute atomic E-state index is 12.4. The van der Waals surface area contributed by atoms with Crippen LogP contribution < -0.4 is 9.46 Å². The molecule has 1 heterocycles. The van der Waals surface area contributed by atoms with E-state index in [1.165, 1.54) is 12.1 Å². The summed E-state index contributed by atoms with van der Waals surface area (Å²) in [4.78, 5) is 12.4. The summed E-state index contributed by atoms with van der Waals surface area (Å²) in [6, 6.07) is 15.4. The summed E-state index contributed by atoms with van der Waals surface area (Å²) in [5.74, 6) is -0.670. The highest BCUT2D eigenvalue weighted by Gasteiger charge is 2.37. The Kier molecular flexibility index (Phi) is 4.47. The molecule has 2 aromatic rings. The van der Waals surface area contributed by atoms with Gasteiger partial charge in [0, 0.05) is 11.5 Å². The van der Waals surface area contributed by atoms with E-state index < -0.39 is 22.0 Å². The second-order valence-corrected chi connectivity index (χ2v) is 7.62. The van der Waals surface area contributed by atoms with Gasteiger partial charge in [-0.25, -0.2) is 13.1 Å². The molecule has 25 heavy (non-hydrogen) atoms. The molecule has 2 atom stereocenters. The van der Waals surface area contributed by atoms with Gasteiger partial charge in [-0.1, -0.05) is 37.3 Å². The van der Waals surface area contributed by atoms with Gasteiger partial charge in [0.2, 0.25) is 10.0 Å². The van der Waals surface area contributed by atoms with E-state index in [1.807, 2.05) is 25.1 Å². The van der Waals surface area contributed by atoms with Gasteiger partial charge in [0.25, 0.3) is 5.91 Å². The van der Waals surface area contributed by atoms with Crippen LogP contribution in [0.15, 0.2) is 48.5 Å². The molecule has 0 aromatic heterocycles. The van der Waals surface area contributed by atoms with E-state index in [0.717, 1.165) is 5.56 Å². The molecule has 0 bridgehead atoms. The summed E-state index contributed by atoms with van der Waals surface area (Å²) < 4.78 is 32.2. The molecule has 0 spiro atoms. The van der Waals surface area contributed by atoms with Crippen molar-refractivity contribution in [2.45, 2.75) is 24.7 Å². The number of hydrogen-bond donors (Lipinski definition) is 1. The van der Waals surface area contributed by atoms with Crippen LogP contribution in [0.1, 0.15) is 29.5 Å². The minimum atomic E-state index is -3.86. The van der Waals surface area contributed by atoms with Crippen LogP contribution in [0, 0.1) is 11.3 Å². The quantitative estimate of drug-likeness (QED) is 0.905. The fraction of sp³-hybridized carbons (Fsp3) is 0.222. The third-order valence-corrected chi connectivity index (χ3v) is 5.30. The number of nitrogens with one attached hydrogen (secondary N) is 1. The number of hydrogen-bond acceptors (Lipinski definition) is 5. The molecule has 2 aromatic carbocycles. The molecule has 0 saturated carbocycles. The first-order valence-corrected chi connectivity index (χ1v) is 9.34. The third-order valence-electron chi connectivity index (χ3n) is 4.07. The average Bonchev–Trinajstić information content (AvgIpc) is 2.92. The summed E-state index contributed by atoms with van der Waals surface area (Å²) in [6.45, 7) is 1.82. The predicted octanol–water partition coefficient (Wildman–Crippen LogP) is 2.07. The van der Waals surface area contributed by atoms with E-state index in [1.54, 1.807) is 24.3 Å². The van der Waals surface area contributed by atoms with E-state index >= 15 is 0 Å². The fourth-order valence-electron chi connectivity index (χ4n) is 2.79. The number of rotatable bonds is 4. The number of carbonyl (C=O) groups excluding carboxylic acids is 1. The predicted molar refractivity (Wildman–Crippen MR) is 91.2 cm³/mol. The zero-order valence-corrected chi connectivity index (χ0v) is 14.3. The molecule has 1 amide bonds. The van der Waals surface area contributed by atoms with E-state index in [4.69, 9.17) is 10.00 Å². The zero-order chi connectivity index (χ0) is 18.0. The number of sulfonamides is 1. The van der Waals surface area contributed by atoms with Gasteiger partial charge < -0.3 is 4.74 Å². The van der Waals surface area contributed by atoms with Crippen molar-refractivity contribution in [3.8, 4) is 11.8 Å². The summed E-state index contributed by atoms with van der Waals surface area (Å²) in [7, 11) is -3.86. The number of benzene rings is 2. The van der Waals surface area contributed by atoms with Crippen molar-refractivity contribution in [2.75, 3.05) is 0 Å². The van der Waals surface area contributed by atoms with Crippen LogP contribution in [-0.4, -0.2) is 20.4 Å². The first-order chi connectivity index (χ1) is 11.9. The van der Waals surface area contributed by atoms with Crippen LogP contribution in [0.5, 0.6) is 5.75 Å². The molecule has 0 unspecified atom stereocenters. The molecule has 128 valence electrons. The normalized spacial score (nSPS) is 18.7. The van der Waals surface area contributed by atoms with Crippen molar-refractivity contribution in [1.29, 1.82) is 5.26 Å². The van der Waals surface area contributed by atoms with Gasteiger partial charge in [0.05, 0.1) is 17.4 Å². The van der Waals surface area contributed by atoms with E-state index in [9.17, 15) is 13.2 Å². The Balaban J connectivity index is 1.69. The molecule has 6 nitrogen and oxygen atoms in total. The SMILES string of the molecule is C[C@H]1c2ccccc2O[C@H]1C(=O)NS(=O)(=O)Cc1ccc(C#N)cc1. The molecule has 0 saturated heterocycles. The topological polar surface area (TPSA) is 96.3 Å². The standard InChI is InChI=1S/C18H16N2O4S/c1-12-15-4-2-3-5-16(15)24-17(12)18(21)20-25(22,23)11-14-8-6-13(10-19)7-9-14/h2-9,12,17H,11H2,1H3,(H,20,21)/t12-,17+/m0/s1. The highest BCUT2D eigenvalue weighted by molar-refractivity contribution is 7.89. The van der Waals surface area contributed by atoms with Crippen molar-refractivity contribution in [2.24, 2.45) is 0 Å². The molecule has 0 fully saturated rings. The highest BCUT2D eigenvalue weighted by atomic mass is 32.2. The highest BCUT2D eigenvalue weighted by Crippen LogP contribution is 2.37. The number of nitrogens with zero attached hydrogens (tertiary/aromatic N) is 1. The minimum Gasteiger partial charge on any atom is -0.480 e. The van der Waals surface area contributed by atoms with Crippen LogP contribution in [0.4, 0.5) is 0 Å². The number of para-hydroxylation sites is 1. The summed E-state index contributed by atoms with van der Waals surface area (Å²) in [5.41, 5.74) is 1.81. The Morgan fingerprint density at radius 1 is 1.20 bits per heavy atom. The van der Waals surface area contributed by atoms with Crippen molar-refractivity contribution >= 4 is 15.9 Å². The summed E-state index contributed by atoms with van der Waals surface area (Å²) in [6.07, 6.45) is -0.881. The van der Waals surface area contributed by atoms with Crippen LogP contribution >= 0.6 is 0 Å². The van der Waals surface area contributed by atoms with Crippen LogP contribution in [-0.2, 0) is 20.6 Å². The molecule has 0 aliphatic carbocycles. The van der Waals surface area contributed by atoms with Crippen LogP contribution in [0.3, 0.4) is 0 Å². The van der Waals surface area contributed by atoms with E-state index in [0.29, 0.717) is 16.9 Å². The Hall–Kier alpha value is -2.85. The first-order valence-electron chi connectivity index (χ1n) is 7.68. The fourth-order valence-corrected chi connectivity index (χ4v) is 3.92. The average molecular weight is 356 g/mol. The molecule has 1 aliphatic rings. The smallest absolute Gasteiger partial charge is 0.275 e.